The molecule has 3 rings (SSSR count). The minimum absolute atomic E-state index is 0.0340. The molecule has 0 aliphatic heterocycles. The molecule has 1 aliphatic carbocycles. The summed E-state index contributed by atoms with van der Waals surface area (Å²) in [6, 6.07) is 7.62. The van der Waals surface area contributed by atoms with E-state index >= 15 is 0 Å². The van der Waals surface area contributed by atoms with Gasteiger partial charge in [0.1, 0.15) is 0 Å². The molecule has 0 bridgehead atoms. The van der Waals surface area contributed by atoms with Crippen molar-refractivity contribution in [2.24, 2.45) is 5.92 Å². The fraction of sp³-hybridized carbons (Fsp3) is 0.471. The van der Waals surface area contributed by atoms with E-state index in [0.717, 1.165) is 24.8 Å². The second-order valence-electron chi connectivity index (χ2n) is 6.15. The van der Waals surface area contributed by atoms with E-state index in [2.05, 4.69) is 22.4 Å². The topological polar surface area (TPSA) is 68.0 Å². The van der Waals surface area contributed by atoms with E-state index in [1.807, 2.05) is 24.3 Å². The molecule has 1 fully saturated rings. The molecule has 122 valence electrons. The maximum atomic E-state index is 12.2. The number of rotatable bonds is 4. The molecule has 1 aromatic carbocycles. The molecule has 2 atom stereocenters. The van der Waals surface area contributed by atoms with E-state index in [9.17, 15) is 4.79 Å². The summed E-state index contributed by atoms with van der Waals surface area (Å²) in [6.45, 7) is 2.17. The van der Waals surface area contributed by atoms with Gasteiger partial charge in [-0.15, -0.1) is 10.2 Å². The van der Waals surface area contributed by atoms with Crippen LogP contribution in [0.3, 0.4) is 0 Å². The van der Waals surface area contributed by atoms with Crippen LogP contribution in [0.15, 0.2) is 28.7 Å². The Morgan fingerprint density at radius 2 is 2.00 bits per heavy atom. The van der Waals surface area contributed by atoms with Crippen molar-refractivity contribution in [1.29, 1.82) is 0 Å². The van der Waals surface area contributed by atoms with Gasteiger partial charge in [-0.25, -0.2) is 0 Å². The highest BCUT2D eigenvalue weighted by Gasteiger charge is 2.25. The Morgan fingerprint density at radius 3 is 2.74 bits per heavy atom. The van der Waals surface area contributed by atoms with Gasteiger partial charge in [0.25, 0.3) is 0 Å². The molecule has 23 heavy (non-hydrogen) atoms. The Bertz CT molecular complexity index is 669. The van der Waals surface area contributed by atoms with Gasteiger partial charge in [0.05, 0.1) is 6.42 Å². The fourth-order valence-corrected chi connectivity index (χ4v) is 3.08. The lowest BCUT2D eigenvalue weighted by Crippen LogP contribution is -2.41. The van der Waals surface area contributed by atoms with Crippen LogP contribution < -0.4 is 5.32 Å². The molecule has 1 saturated carbocycles. The average molecular weight is 334 g/mol. The third kappa shape index (κ3) is 4.10. The van der Waals surface area contributed by atoms with Crippen LogP contribution >= 0.6 is 11.6 Å². The monoisotopic (exact) mass is 333 g/mol. The SMILES string of the molecule is C[C@H]1CCCC[C@H]1NC(=O)c1nnc(Cc2ccc(Cl)cc2)o1. The predicted molar refractivity (Wildman–Crippen MR) is 87.4 cm³/mol. The first-order chi connectivity index (χ1) is 11.1. The second-order valence-corrected chi connectivity index (χ2v) is 6.58. The normalized spacial score (nSPS) is 21.1. The number of aromatic nitrogens is 2. The highest BCUT2D eigenvalue weighted by atomic mass is 35.5. The van der Waals surface area contributed by atoms with E-state index in [-0.39, 0.29) is 17.8 Å². The van der Waals surface area contributed by atoms with Gasteiger partial charge < -0.3 is 9.73 Å². The van der Waals surface area contributed by atoms with Crippen molar-refractivity contribution in [3.8, 4) is 0 Å². The molecule has 1 aromatic heterocycles. The van der Waals surface area contributed by atoms with E-state index < -0.39 is 0 Å². The third-order valence-electron chi connectivity index (χ3n) is 4.36. The zero-order valence-electron chi connectivity index (χ0n) is 13.1. The zero-order chi connectivity index (χ0) is 16.2. The van der Waals surface area contributed by atoms with E-state index in [4.69, 9.17) is 16.0 Å². The molecule has 1 heterocycles. The number of nitrogens with one attached hydrogen (secondary N) is 1. The van der Waals surface area contributed by atoms with Crippen LogP contribution in [0.5, 0.6) is 0 Å². The smallest absolute Gasteiger partial charge is 0.309 e. The molecule has 0 unspecified atom stereocenters. The Morgan fingerprint density at radius 1 is 1.26 bits per heavy atom. The maximum absolute atomic E-state index is 12.2. The van der Waals surface area contributed by atoms with Gasteiger partial charge in [-0.2, -0.15) is 0 Å². The summed E-state index contributed by atoms with van der Waals surface area (Å²) >= 11 is 5.86. The van der Waals surface area contributed by atoms with Crippen LogP contribution in [0.1, 0.15) is 54.7 Å². The molecule has 1 aliphatic rings. The molecule has 0 saturated heterocycles. The van der Waals surface area contributed by atoms with Crippen LogP contribution in [-0.2, 0) is 6.42 Å². The summed E-state index contributed by atoms with van der Waals surface area (Å²) in [7, 11) is 0. The van der Waals surface area contributed by atoms with Gasteiger partial charge in [0.2, 0.25) is 5.89 Å². The summed E-state index contributed by atoms with van der Waals surface area (Å²) in [6.07, 6.45) is 5.03. The van der Waals surface area contributed by atoms with Gasteiger partial charge in [-0.05, 0) is 36.5 Å². The van der Waals surface area contributed by atoms with Gasteiger partial charge in [0, 0.05) is 11.1 Å². The number of carbonyl (C=O) groups excluding carboxylic acids is 1. The van der Waals surface area contributed by atoms with E-state index in [1.54, 1.807) is 0 Å². The van der Waals surface area contributed by atoms with E-state index in [0.29, 0.717) is 23.3 Å². The lowest BCUT2D eigenvalue weighted by molar-refractivity contribution is 0.0873. The van der Waals surface area contributed by atoms with Crippen molar-refractivity contribution in [1.82, 2.24) is 15.5 Å². The van der Waals surface area contributed by atoms with Crippen molar-refractivity contribution in [2.45, 2.75) is 45.1 Å². The quantitative estimate of drug-likeness (QED) is 0.927. The van der Waals surface area contributed by atoms with Crippen LogP contribution in [0, 0.1) is 5.92 Å². The first kappa shape index (κ1) is 16.0. The summed E-state index contributed by atoms with van der Waals surface area (Å²) < 4.78 is 5.49. The number of nitrogens with zero attached hydrogens (tertiary/aromatic N) is 2. The van der Waals surface area contributed by atoms with Crippen LogP contribution in [0.25, 0.3) is 0 Å². The lowest BCUT2D eigenvalue weighted by Gasteiger charge is -2.28. The van der Waals surface area contributed by atoms with E-state index in [1.165, 1.54) is 6.42 Å². The van der Waals surface area contributed by atoms with Crippen LogP contribution in [0.4, 0.5) is 0 Å². The van der Waals surface area contributed by atoms with Gasteiger partial charge >= 0.3 is 11.8 Å². The molecule has 0 radical (unpaired) electrons. The number of halogens is 1. The molecule has 0 spiro atoms. The number of hydrogen-bond donors (Lipinski definition) is 1. The molecular formula is C17H20ClN3O2. The number of amides is 1. The van der Waals surface area contributed by atoms with Gasteiger partial charge in [-0.3, -0.25) is 4.79 Å². The third-order valence-corrected chi connectivity index (χ3v) is 4.61. The molecule has 1 N–H and O–H groups in total. The Balaban J connectivity index is 1.61. The highest BCUT2D eigenvalue weighted by Crippen LogP contribution is 2.24. The summed E-state index contributed by atoms with van der Waals surface area (Å²) in [5.74, 6) is 0.670. The average Bonchev–Trinajstić information content (AvgIpc) is 3.00. The van der Waals surface area contributed by atoms with Crippen LogP contribution in [-0.4, -0.2) is 22.1 Å². The molecule has 6 heteroatoms. The first-order valence-corrected chi connectivity index (χ1v) is 8.37. The maximum Gasteiger partial charge on any atom is 0.309 e. The molecule has 5 nitrogen and oxygen atoms in total. The second kappa shape index (κ2) is 7.13. The Labute approximate surface area is 140 Å². The number of benzene rings is 1. The Hall–Kier alpha value is -1.88. The number of carbonyl (C=O) groups is 1. The van der Waals surface area contributed by atoms with Crippen molar-refractivity contribution in [3.63, 3.8) is 0 Å². The van der Waals surface area contributed by atoms with Gasteiger partial charge in [-0.1, -0.05) is 43.5 Å². The molecule has 1 amide bonds. The highest BCUT2D eigenvalue weighted by molar-refractivity contribution is 6.30. The van der Waals surface area contributed by atoms with Crippen LogP contribution in [0.2, 0.25) is 5.02 Å². The zero-order valence-corrected chi connectivity index (χ0v) is 13.8. The largest absolute Gasteiger partial charge is 0.417 e. The lowest BCUT2D eigenvalue weighted by atomic mass is 9.86. The van der Waals surface area contributed by atoms with Crippen molar-refractivity contribution < 1.29 is 9.21 Å². The standard InChI is InChI=1S/C17H20ClN3O2/c1-11-4-2-3-5-14(11)19-16(22)17-21-20-15(23-17)10-12-6-8-13(18)9-7-12/h6-9,11,14H,2-5,10H2,1H3,(H,19,22)/t11-,14+/m0/s1. The van der Waals surface area contributed by atoms with Crippen molar-refractivity contribution in [3.05, 3.63) is 46.6 Å². The van der Waals surface area contributed by atoms with Gasteiger partial charge in [0.15, 0.2) is 0 Å². The minimum Gasteiger partial charge on any atom is -0.417 e. The van der Waals surface area contributed by atoms with Crippen molar-refractivity contribution in [2.75, 3.05) is 0 Å². The van der Waals surface area contributed by atoms with Crippen molar-refractivity contribution >= 4 is 17.5 Å². The minimum atomic E-state index is -0.279. The summed E-state index contributed by atoms with van der Waals surface area (Å²) in [5.41, 5.74) is 1.01. The number of hydrogen-bond acceptors (Lipinski definition) is 4. The fourth-order valence-electron chi connectivity index (χ4n) is 2.95. The first-order valence-electron chi connectivity index (χ1n) is 7.99. The molecular weight excluding hydrogens is 314 g/mol. The molecule has 2 aromatic rings. The summed E-state index contributed by atoms with van der Waals surface area (Å²) in [4.78, 5) is 12.2. The predicted octanol–water partition coefficient (Wildman–Crippen LogP) is 3.62. The Kier molecular flexibility index (Phi) is 4.96. The summed E-state index contributed by atoms with van der Waals surface area (Å²) in [5, 5.41) is 11.5.